The van der Waals surface area contributed by atoms with E-state index in [9.17, 15) is 4.79 Å². The van der Waals surface area contributed by atoms with Crippen LogP contribution in [-0.2, 0) is 6.54 Å². The Morgan fingerprint density at radius 3 is 2.74 bits per heavy atom. The Morgan fingerprint density at radius 1 is 1.17 bits per heavy atom. The van der Waals surface area contributed by atoms with Crippen molar-refractivity contribution in [2.75, 3.05) is 5.73 Å². The van der Waals surface area contributed by atoms with E-state index < -0.39 is 0 Å². The maximum atomic E-state index is 12.6. The van der Waals surface area contributed by atoms with Gasteiger partial charge in [0.15, 0.2) is 0 Å². The van der Waals surface area contributed by atoms with E-state index in [1.807, 2.05) is 24.3 Å². The number of halogens is 1. The van der Waals surface area contributed by atoms with E-state index in [1.165, 1.54) is 0 Å². The molecule has 2 N–H and O–H groups in total. The number of fused-ring (bicyclic) bond motifs is 2. The summed E-state index contributed by atoms with van der Waals surface area (Å²) in [6.45, 7) is 0.654. The van der Waals surface area contributed by atoms with Gasteiger partial charge in [-0.15, -0.1) is 0 Å². The van der Waals surface area contributed by atoms with Crippen LogP contribution in [-0.4, -0.2) is 9.55 Å². The molecule has 4 nitrogen and oxygen atoms in total. The summed E-state index contributed by atoms with van der Waals surface area (Å²) < 4.78 is 1.74. The van der Waals surface area contributed by atoms with E-state index in [2.05, 4.69) is 11.1 Å². The van der Waals surface area contributed by atoms with Crippen LogP contribution in [0.3, 0.4) is 0 Å². The average molecular weight is 324 g/mol. The van der Waals surface area contributed by atoms with Gasteiger partial charge in [0.1, 0.15) is 5.82 Å². The van der Waals surface area contributed by atoms with Gasteiger partial charge in [0.05, 0.1) is 10.9 Å². The second kappa shape index (κ2) is 5.25. The molecule has 1 aliphatic rings. The molecule has 4 rings (SSSR count). The maximum absolute atomic E-state index is 12.6. The Hall–Kier alpha value is -2.59. The van der Waals surface area contributed by atoms with E-state index in [4.69, 9.17) is 17.3 Å². The zero-order chi connectivity index (χ0) is 16.0. The Balaban J connectivity index is 1.89. The fraction of sp³-hybridized carbons (Fsp3) is 0.111. The normalized spacial score (nSPS) is 15.3. The van der Waals surface area contributed by atoms with Crippen molar-refractivity contribution in [2.24, 2.45) is 0 Å². The molecule has 0 radical (unpaired) electrons. The number of allylic oxidation sites excluding steroid dienone is 1. The summed E-state index contributed by atoms with van der Waals surface area (Å²) in [4.78, 5) is 17.3. The molecule has 1 aromatic heterocycles. The van der Waals surface area contributed by atoms with Gasteiger partial charge >= 0.3 is 0 Å². The molecule has 0 aliphatic carbocycles. The molecular formula is C18H14ClN3O. The first-order valence-electron chi connectivity index (χ1n) is 7.38. The number of aromatic nitrogens is 2. The highest BCUT2D eigenvalue weighted by Crippen LogP contribution is 2.28. The third-order valence-corrected chi connectivity index (χ3v) is 4.33. The van der Waals surface area contributed by atoms with Crippen molar-refractivity contribution in [3.63, 3.8) is 0 Å². The monoisotopic (exact) mass is 323 g/mol. The Morgan fingerprint density at radius 2 is 1.96 bits per heavy atom. The van der Waals surface area contributed by atoms with Gasteiger partial charge in [-0.1, -0.05) is 23.7 Å². The van der Waals surface area contributed by atoms with Crippen LogP contribution in [0.4, 0.5) is 5.69 Å². The molecule has 0 fully saturated rings. The molecule has 0 unspecified atom stereocenters. The van der Waals surface area contributed by atoms with Crippen LogP contribution in [0, 0.1) is 0 Å². The number of nitrogens with two attached hydrogens (primary N) is 1. The fourth-order valence-electron chi connectivity index (χ4n) is 2.93. The zero-order valence-electron chi connectivity index (χ0n) is 12.3. The first kappa shape index (κ1) is 14.0. The van der Waals surface area contributed by atoms with E-state index in [-0.39, 0.29) is 5.56 Å². The third-order valence-electron chi connectivity index (χ3n) is 4.08. The smallest absolute Gasteiger partial charge is 0.261 e. The molecule has 5 heteroatoms. The number of hydrogen-bond acceptors (Lipinski definition) is 3. The molecule has 0 spiro atoms. The Bertz CT molecular complexity index is 1000. The number of nitrogens with zero attached hydrogens (tertiary/aromatic N) is 2. The first-order chi connectivity index (χ1) is 11.1. The summed E-state index contributed by atoms with van der Waals surface area (Å²) >= 11 is 5.92. The Kier molecular flexibility index (Phi) is 3.20. The molecule has 3 aromatic rings. The quantitative estimate of drug-likeness (QED) is 0.696. The molecule has 2 heterocycles. The van der Waals surface area contributed by atoms with Crippen LogP contribution in [0.2, 0.25) is 5.02 Å². The minimum absolute atomic E-state index is 0.00972. The highest BCUT2D eigenvalue weighted by atomic mass is 35.5. The largest absolute Gasteiger partial charge is 0.399 e. The van der Waals surface area contributed by atoms with Crippen LogP contribution in [0.5, 0.6) is 0 Å². The lowest BCUT2D eigenvalue weighted by atomic mass is 10.1. The van der Waals surface area contributed by atoms with Crippen molar-refractivity contribution in [2.45, 2.75) is 13.0 Å². The van der Waals surface area contributed by atoms with E-state index in [1.54, 1.807) is 22.8 Å². The predicted molar refractivity (Wildman–Crippen MR) is 94.4 cm³/mol. The zero-order valence-corrected chi connectivity index (χ0v) is 13.0. The van der Waals surface area contributed by atoms with Gasteiger partial charge in [-0.2, -0.15) is 0 Å². The Labute approximate surface area is 137 Å². The summed E-state index contributed by atoms with van der Waals surface area (Å²) in [7, 11) is 0. The molecule has 0 amide bonds. The molecule has 0 saturated heterocycles. The van der Waals surface area contributed by atoms with Gasteiger partial charge in [0, 0.05) is 17.3 Å². The molecular weight excluding hydrogens is 310 g/mol. The van der Waals surface area contributed by atoms with Gasteiger partial charge in [-0.25, -0.2) is 4.98 Å². The maximum Gasteiger partial charge on any atom is 0.261 e. The van der Waals surface area contributed by atoms with Crippen molar-refractivity contribution in [3.05, 3.63) is 69.2 Å². The van der Waals surface area contributed by atoms with Gasteiger partial charge < -0.3 is 5.73 Å². The molecule has 2 aromatic carbocycles. The van der Waals surface area contributed by atoms with E-state index in [0.717, 1.165) is 23.4 Å². The second-order valence-corrected chi connectivity index (χ2v) is 6.08. The van der Waals surface area contributed by atoms with Crippen LogP contribution < -0.4 is 11.3 Å². The lowest BCUT2D eigenvalue weighted by Crippen LogP contribution is -2.20. The average Bonchev–Trinajstić information content (AvgIpc) is 2.93. The van der Waals surface area contributed by atoms with Crippen LogP contribution in [0.25, 0.3) is 22.6 Å². The molecule has 0 atom stereocenters. The number of anilines is 1. The lowest BCUT2D eigenvalue weighted by molar-refractivity contribution is 0.725. The summed E-state index contributed by atoms with van der Waals surface area (Å²) in [6, 6.07) is 12.8. The summed E-state index contributed by atoms with van der Waals surface area (Å²) in [5.41, 5.74) is 9.15. The minimum Gasteiger partial charge on any atom is -0.399 e. The van der Waals surface area contributed by atoms with Crippen LogP contribution in [0.1, 0.15) is 17.8 Å². The lowest BCUT2D eigenvalue weighted by Gasteiger charge is -2.06. The number of nitrogen functional groups attached to an aromatic ring is 1. The van der Waals surface area contributed by atoms with Crippen molar-refractivity contribution in [1.82, 2.24) is 9.55 Å². The molecule has 1 aliphatic heterocycles. The van der Waals surface area contributed by atoms with Crippen molar-refractivity contribution in [3.8, 4) is 0 Å². The van der Waals surface area contributed by atoms with Gasteiger partial charge in [0.2, 0.25) is 0 Å². The number of rotatable bonds is 1. The summed E-state index contributed by atoms with van der Waals surface area (Å²) in [5, 5.41) is 1.31. The van der Waals surface area contributed by atoms with Crippen molar-refractivity contribution < 1.29 is 0 Å². The van der Waals surface area contributed by atoms with E-state index >= 15 is 0 Å². The topological polar surface area (TPSA) is 60.9 Å². The van der Waals surface area contributed by atoms with Crippen LogP contribution in [0.15, 0.2) is 47.3 Å². The highest BCUT2D eigenvalue weighted by Gasteiger charge is 2.20. The molecule has 23 heavy (non-hydrogen) atoms. The van der Waals surface area contributed by atoms with Crippen molar-refractivity contribution in [1.29, 1.82) is 0 Å². The minimum atomic E-state index is -0.00972. The highest BCUT2D eigenvalue weighted by molar-refractivity contribution is 6.30. The molecule has 114 valence electrons. The van der Waals surface area contributed by atoms with Gasteiger partial charge in [-0.05, 0) is 54.0 Å². The van der Waals surface area contributed by atoms with Gasteiger partial charge in [-0.3, -0.25) is 9.36 Å². The standard InChI is InChI=1S/C18H14ClN3O/c19-13-3-1-11(2-4-13)9-12-7-8-22-17(12)21-16-10-14(20)5-6-15(16)18(22)23/h1-6,9-10H,7-8,20H2/b12-9+. The summed E-state index contributed by atoms with van der Waals surface area (Å²) in [6.07, 6.45) is 2.84. The number of benzene rings is 2. The number of hydrogen-bond donors (Lipinski definition) is 1. The first-order valence-corrected chi connectivity index (χ1v) is 7.76. The SMILES string of the molecule is Nc1ccc2c(=O)n3c(nc2c1)/C(=C/c1ccc(Cl)cc1)CC3. The van der Waals surface area contributed by atoms with E-state index in [0.29, 0.717) is 28.2 Å². The summed E-state index contributed by atoms with van der Waals surface area (Å²) in [5.74, 6) is 0.725. The molecule has 0 bridgehead atoms. The molecule has 0 saturated carbocycles. The third kappa shape index (κ3) is 2.41. The predicted octanol–water partition coefficient (Wildman–Crippen LogP) is 3.58. The fourth-order valence-corrected chi connectivity index (χ4v) is 3.06. The van der Waals surface area contributed by atoms with Crippen molar-refractivity contribution >= 4 is 39.8 Å². The van der Waals surface area contributed by atoms with Gasteiger partial charge in [0.25, 0.3) is 5.56 Å². The second-order valence-electron chi connectivity index (χ2n) is 5.64. The van der Waals surface area contributed by atoms with Crippen LogP contribution >= 0.6 is 11.6 Å².